The molecule has 1 aromatic carbocycles. The monoisotopic (exact) mass is 258 g/mol. The van der Waals surface area contributed by atoms with E-state index in [-0.39, 0.29) is 5.92 Å². The first-order chi connectivity index (χ1) is 8.63. The van der Waals surface area contributed by atoms with Gasteiger partial charge >= 0.3 is 0 Å². The third-order valence-corrected chi connectivity index (χ3v) is 3.48. The molecule has 0 heterocycles. The van der Waals surface area contributed by atoms with Crippen molar-refractivity contribution in [3.63, 3.8) is 0 Å². The fourth-order valence-electron chi connectivity index (χ4n) is 2.55. The molecule has 0 aliphatic heterocycles. The van der Waals surface area contributed by atoms with Crippen molar-refractivity contribution in [2.45, 2.75) is 38.0 Å². The molecule has 1 fully saturated rings. The van der Waals surface area contributed by atoms with E-state index in [1.54, 1.807) is 0 Å². The third-order valence-electron chi connectivity index (χ3n) is 3.48. The van der Waals surface area contributed by atoms with Crippen LogP contribution in [0.3, 0.4) is 0 Å². The zero-order chi connectivity index (χ0) is 13.1. The van der Waals surface area contributed by atoms with Gasteiger partial charge in [-0.3, -0.25) is 0 Å². The van der Waals surface area contributed by atoms with Gasteiger partial charge in [0, 0.05) is 0 Å². The minimum absolute atomic E-state index is 0.120. The maximum Gasteiger partial charge on any atom is 0.164 e. The molecule has 0 spiro atoms. The molecule has 1 aromatic rings. The fraction of sp³-hybridized carbons (Fsp3) is 0.429. The molecule has 0 N–H and O–H groups in total. The largest absolute Gasteiger partial charge is 0.212 e. The lowest BCUT2D eigenvalue weighted by atomic mass is 9.83. The van der Waals surface area contributed by atoms with Crippen LogP contribution in [0.1, 0.15) is 49.1 Å². The Balaban J connectivity index is 2.35. The highest BCUT2D eigenvalue weighted by Crippen LogP contribution is 2.35. The number of hydrogen-bond acceptors (Lipinski definition) is 0. The molecule has 0 bridgehead atoms. The van der Waals surface area contributed by atoms with E-state index in [0.29, 0.717) is 5.56 Å². The van der Waals surface area contributed by atoms with Crippen molar-refractivity contribution >= 4 is 5.83 Å². The van der Waals surface area contributed by atoms with Crippen LogP contribution in [0.15, 0.2) is 18.5 Å². The lowest BCUT2D eigenvalue weighted by Crippen LogP contribution is -2.06. The summed E-state index contributed by atoms with van der Waals surface area (Å²) in [4.78, 5) is 0. The zero-order valence-corrected chi connectivity index (χ0v) is 9.86. The minimum Gasteiger partial charge on any atom is -0.212 e. The second-order valence-electron chi connectivity index (χ2n) is 4.65. The minimum atomic E-state index is -1.51. The quantitative estimate of drug-likeness (QED) is 0.635. The van der Waals surface area contributed by atoms with Crippen LogP contribution in [0.25, 0.3) is 5.83 Å². The van der Waals surface area contributed by atoms with E-state index >= 15 is 0 Å². The summed E-state index contributed by atoms with van der Waals surface area (Å²) >= 11 is 0. The van der Waals surface area contributed by atoms with E-state index in [9.17, 15) is 17.6 Å². The maximum absolute atomic E-state index is 13.6. The van der Waals surface area contributed by atoms with Crippen molar-refractivity contribution in [2.24, 2.45) is 0 Å². The van der Waals surface area contributed by atoms with E-state index in [4.69, 9.17) is 0 Å². The van der Waals surface area contributed by atoms with Gasteiger partial charge in [-0.2, -0.15) is 0 Å². The smallest absolute Gasteiger partial charge is 0.164 e. The Morgan fingerprint density at radius 2 is 1.61 bits per heavy atom. The molecule has 0 amide bonds. The van der Waals surface area contributed by atoms with Gasteiger partial charge in [0.05, 0.1) is 5.56 Å². The summed E-state index contributed by atoms with van der Waals surface area (Å²) in [5, 5.41) is 0. The molecule has 1 aliphatic carbocycles. The Morgan fingerprint density at radius 1 is 1.06 bits per heavy atom. The van der Waals surface area contributed by atoms with Gasteiger partial charge < -0.3 is 0 Å². The highest BCUT2D eigenvalue weighted by atomic mass is 19.2. The predicted molar refractivity (Wildman–Crippen MR) is 62.4 cm³/mol. The van der Waals surface area contributed by atoms with Gasteiger partial charge in [-0.1, -0.05) is 19.3 Å². The molecule has 0 atom stereocenters. The van der Waals surface area contributed by atoms with Crippen LogP contribution < -0.4 is 0 Å². The van der Waals surface area contributed by atoms with Gasteiger partial charge in [-0.15, -0.1) is 0 Å². The van der Waals surface area contributed by atoms with Crippen LogP contribution in [0, 0.1) is 11.6 Å². The number of halogens is 4. The van der Waals surface area contributed by atoms with Crippen LogP contribution in [0.4, 0.5) is 17.6 Å². The first-order valence-electron chi connectivity index (χ1n) is 6.08. The lowest BCUT2D eigenvalue weighted by Gasteiger charge is -2.22. The molecule has 1 saturated carbocycles. The zero-order valence-electron chi connectivity index (χ0n) is 9.86. The lowest BCUT2D eigenvalue weighted by molar-refractivity contribution is 0.439. The second-order valence-corrected chi connectivity index (χ2v) is 4.65. The number of benzene rings is 1. The summed E-state index contributed by atoms with van der Waals surface area (Å²) in [6.45, 7) is 0. The Morgan fingerprint density at radius 3 is 2.11 bits per heavy atom. The Kier molecular flexibility index (Phi) is 4.04. The highest BCUT2D eigenvalue weighted by molar-refractivity contribution is 5.59. The molecule has 18 heavy (non-hydrogen) atoms. The maximum atomic E-state index is 13.6. The first-order valence-corrected chi connectivity index (χ1v) is 6.08. The molecular formula is C14H14F4. The SMILES string of the molecule is F/C=C(\F)c1c(F)cc(C2CCCCC2)cc1F. The van der Waals surface area contributed by atoms with Gasteiger partial charge in [-0.25, -0.2) is 17.6 Å². The van der Waals surface area contributed by atoms with Crippen LogP contribution in [-0.4, -0.2) is 0 Å². The average Bonchev–Trinajstić information content (AvgIpc) is 2.38. The van der Waals surface area contributed by atoms with Crippen LogP contribution in [0.2, 0.25) is 0 Å². The molecule has 0 radical (unpaired) electrons. The first kappa shape index (κ1) is 13.1. The summed E-state index contributed by atoms with van der Waals surface area (Å²) in [7, 11) is 0. The van der Waals surface area contributed by atoms with Crippen LogP contribution in [0.5, 0.6) is 0 Å². The molecule has 2 rings (SSSR count). The summed E-state index contributed by atoms with van der Waals surface area (Å²) < 4.78 is 52.2. The van der Waals surface area contributed by atoms with Gasteiger partial charge in [-0.05, 0) is 36.5 Å². The molecular weight excluding hydrogens is 244 g/mol. The Hall–Kier alpha value is -1.32. The van der Waals surface area contributed by atoms with E-state index < -0.39 is 29.4 Å². The topological polar surface area (TPSA) is 0 Å². The Bertz CT molecular complexity index is 436. The standard InChI is InChI=1S/C14H14F4/c15-8-13(18)14-11(16)6-10(7-12(14)17)9-4-2-1-3-5-9/h6-9H,1-5H2/b13-8-. The van der Waals surface area contributed by atoms with E-state index in [2.05, 4.69) is 0 Å². The van der Waals surface area contributed by atoms with Crippen molar-refractivity contribution in [3.8, 4) is 0 Å². The van der Waals surface area contributed by atoms with Crippen molar-refractivity contribution in [3.05, 3.63) is 41.2 Å². The normalized spacial score (nSPS) is 18.1. The van der Waals surface area contributed by atoms with Gasteiger partial charge in [0.15, 0.2) is 5.83 Å². The number of rotatable bonds is 2. The van der Waals surface area contributed by atoms with Gasteiger partial charge in [0.1, 0.15) is 18.0 Å². The summed E-state index contributed by atoms with van der Waals surface area (Å²) in [6.07, 6.45) is 4.56. The third kappa shape index (κ3) is 2.57. The van der Waals surface area contributed by atoms with Crippen LogP contribution in [-0.2, 0) is 0 Å². The van der Waals surface area contributed by atoms with Crippen molar-refractivity contribution < 1.29 is 17.6 Å². The molecule has 4 heteroatoms. The summed E-state index contributed by atoms with van der Waals surface area (Å²) in [5.74, 6) is -3.47. The summed E-state index contributed by atoms with van der Waals surface area (Å²) in [5.41, 5.74) is -0.378. The summed E-state index contributed by atoms with van der Waals surface area (Å²) in [6, 6.07) is 2.24. The van der Waals surface area contributed by atoms with E-state index in [1.807, 2.05) is 0 Å². The number of hydrogen-bond donors (Lipinski definition) is 0. The van der Waals surface area contributed by atoms with E-state index in [1.165, 1.54) is 0 Å². The molecule has 1 aliphatic rings. The molecule has 0 nitrogen and oxygen atoms in total. The van der Waals surface area contributed by atoms with Crippen LogP contribution >= 0.6 is 0 Å². The van der Waals surface area contributed by atoms with Crippen molar-refractivity contribution in [1.82, 2.24) is 0 Å². The Labute approximate surface area is 103 Å². The highest BCUT2D eigenvalue weighted by Gasteiger charge is 2.21. The molecule has 0 saturated heterocycles. The van der Waals surface area contributed by atoms with Crippen molar-refractivity contribution in [1.29, 1.82) is 0 Å². The van der Waals surface area contributed by atoms with Crippen molar-refractivity contribution in [2.75, 3.05) is 0 Å². The predicted octanol–water partition coefficient (Wildman–Crippen LogP) is 5.25. The van der Waals surface area contributed by atoms with E-state index in [0.717, 1.165) is 44.2 Å². The fourth-order valence-corrected chi connectivity index (χ4v) is 2.55. The molecule has 98 valence electrons. The molecule has 0 unspecified atom stereocenters. The van der Waals surface area contributed by atoms with Gasteiger partial charge in [0.25, 0.3) is 0 Å². The second kappa shape index (κ2) is 5.55. The van der Waals surface area contributed by atoms with Gasteiger partial charge in [0.2, 0.25) is 0 Å². The average molecular weight is 258 g/mol. The molecule has 0 aromatic heterocycles.